The van der Waals surface area contributed by atoms with Gasteiger partial charge in [-0.25, -0.2) is 13.1 Å². The number of benzene rings is 1. The molecule has 0 unspecified atom stereocenters. The highest BCUT2D eigenvalue weighted by Gasteiger charge is 2.17. The minimum Gasteiger partial charge on any atom is -0.326 e. The second-order valence-corrected chi connectivity index (χ2v) is 6.49. The molecule has 1 aromatic heterocycles. The summed E-state index contributed by atoms with van der Waals surface area (Å²) in [6, 6.07) is 5.01. The molecule has 6 nitrogen and oxygen atoms in total. The summed E-state index contributed by atoms with van der Waals surface area (Å²) in [5.74, 6) is 0. The minimum atomic E-state index is -3.59. The summed E-state index contributed by atoms with van der Waals surface area (Å²) < 4.78 is 27.4. The largest absolute Gasteiger partial charge is 0.326 e. The van der Waals surface area contributed by atoms with Crippen LogP contribution in [0.3, 0.4) is 0 Å². The van der Waals surface area contributed by atoms with Gasteiger partial charge in [-0.2, -0.15) is 5.10 Å². The number of nitrogens with two attached hydrogens (primary N) is 1. The smallest absolute Gasteiger partial charge is 0.242 e. The van der Waals surface area contributed by atoms with Crippen LogP contribution in [0, 0.1) is 0 Å². The quantitative estimate of drug-likeness (QED) is 0.756. The van der Waals surface area contributed by atoms with E-state index in [1.807, 2.05) is 0 Å². The molecule has 4 N–H and O–H groups in total. The molecule has 0 spiro atoms. The number of aromatic amines is 1. The fourth-order valence-electron chi connectivity index (χ4n) is 1.51. The Bertz CT molecular complexity index is 655. The van der Waals surface area contributed by atoms with Crippen LogP contribution < -0.4 is 10.5 Å². The molecule has 1 aromatic carbocycles. The van der Waals surface area contributed by atoms with Crippen LogP contribution in [0.2, 0.25) is 0 Å². The number of hydrogen-bond donors (Lipinski definition) is 3. The van der Waals surface area contributed by atoms with Gasteiger partial charge >= 0.3 is 0 Å². The molecule has 19 heavy (non-hydrogen) atoms. The van der Waals surface area contributed by atoms with E-state index in [1.165, 1.54) is 0 Å². The Morgan fingerprint density at radius 3 is 2.79 bits per heavy atom. The maximum absolute atomic E-state index is 12.2. The summed E-state index contributed by atoms with van der Waals surface area (Å²) >= 11 is 3.24. The fourth-order valence-corrected chi connectivity index (χ4v) is 3.54. The molecular weight excluding hydrogens is 332 g/mol. The van der Waals surface area contributed by atoms with Crippen LogP contribution in [0.4, 0.5) is 0 Å². The molecule has 0 atom stereocenters. The second-order valence-electron chi connectivity index (χ2n) is 3.90. The lowest BCUT2D eigenvalue weighted by atomic mass is 10.2. The van der Waals surface area contributed by atoms with E-state index in [-0.39, 0.29) is 18.0 Å². The second kappa shape index (κ2) is 5.83. The van der Waals surface area contributed by atoms with E-state index in [0.29, 0.717) is 4.47 Å². The van der Waals surface area contributed by atoms with E-state index in [1.54, 1.807) is 30.6 Å². The van der Waals surface area contributed by atoms with Gasteiger partial charge in [-0.05, 0) is 33.6 Å². The van der Waals surface area contributed by atoms with Crippen molar-refractivity contribution in [3.8, 4) is 0 Å². The van der Waals surface area contributed by atoms with Crippen molar-refractivity contribution in [3.05, 3.63) is 46.2 Å². The maximum Gasteiger partial charge on any atom is 0.242 e. The highest BCUT2D eigenvalue weighted by atomic mass is 79.9. The highest BCUT2D eigenvalue weighted by Crippen LogP contribution is 2.23. The van der Waals surface area contributed by atoms with Crippen LogP contribution in [0.15, 0.2) is 40.0 Å². The van der Waals surface area contributed by atoms with Crippen LogP contribution in [-0.4, -0.2) is 18.6 Å². The average molecular weight is 345 g/mol. The molecule has 8 heteroatoms. The van der Waals surface area contributed by atoms with Crippen molar-refractivity contribution in [2.24, 2.45) is 5.73 Å². The zero-order chi connectivity index (χ0) is 13.9. The van der Waals surface area contributed by atoms with Gasteiger partial charge in [-0.15, -0.1) is 0 Å². The van der Waals surface area contributed by atoms with Gasteiger partial charge in [0.25, 0.3) is 0 Å². The van der Waals surface area contributed by atoms with Crippen molar-refractivity contribution in [3.63, 3.8) is 0 Å². The predicted molar refractivity (Wildman–Crippen MR) is 74.6 cm³/mol. The van der Waals surface area contributed by atoms with Crippen molar-refractivity contribution < 1.29 is 8.42 Å². The summed E-state index contributed by atoms with van der Waals surface area (Å²) in [6.45, 7) is 0.468. The Morgan fingerprint density at radius 2 is 2.16 bits per heavy atom. The Hall–Kier alpha value is -1.22. The predicted octanol–water partition coefficient (Wildman–Crippen LogP) is 1.11. The number of H-pyrrole nitrogens is 1. The number of hydrogen-bond acceptors (Lipinski definition) is 4. The van der Waals surface area contributed by atoms with E-state index in [9.17, 15) is 8.42 Å². The van der Waals surface area contributed by atoms with Gasteiger partial charge in [0.1, 0.15) is 0 Å². The van der Waals surface area contributed by atoms with Gasteiger partial charge in [0.2, 0.25) is 10.0 Å². The molecular formula is C11H13BrN4O2S. The molecule has 0 fully saturated rings. The van der Waals surface area contributed by atoms with Gasteiger partial charge < -0.3 is 5.73 Å². The third-order valence-electron chi connectivity index (χ3n) is 2.54. The monoisotopic (exact) mass is 344 g/mol. The molecule has 0 saturated carbocycles. The van der Waals surface area contributed by atoms with Crippen LogP contribution in [0.5, 0.6) is 0 Å². The van der Waals surface area contributed by atoms with Gasteiger partial charge in [-0.3, -0.25) is 5.10 Å². The maximum atomic E-state index is 12.2. The summed E-state index contributed by atoms with van der Waals surface area (Å²) in [5.41, 5.74) is 7.04. The molecule has 0 radical (unpaired) electrons. The molecule has 0 aliphatic heterocycles. The van der Waals surface area contributed by atoms with Gasteiger partial charge in [0.05, 0.1) is 11.1 Å². The first kappa shape index (κ1) is 14.2. The number of halogens is 1. The third kappa shape index (κ3) is 3.41. The van der Waals surface area contributed by atoms with Gasteiger partial charge in [0.15, 0.2) is 0 Å². The van der Waals surface area contributed by atoms with Crippen LogP contribution in [0.25, 0.3) is 0 Å². The zero-order valence-electron chi connectivity index (χ0n) is 9.93. The van der Waals surface area contributed by atoms with Crippen molar-refractivity contribution in [1.29, 1.82) is 0 Å². The summed E-state index contributed by atoms with van der Waals surface area (Å²) in [6.07, 6.45) is 3.20. The van der Waals surface area contributed by atoms with Crippen molar-refractivity contribution in [2.45, 2.75) is 18.0 Å². The van der Waals surface area contributed by atoms with E-state index in [0.717, 1.165) is 11.1 Å². The standard InChI is InChI=1S/C11H13BrN4O2S/c12-10-2-1-8(4-13)3-11(10)19(17,18)16-7-9-5-14-15-6-9/h1-3,5-6,16H,4,7,13H2,(H,14,15). The van der Waals surface area contributed by atoms with E-state index in [2.05, 4.69) is 30.8 Å². The lowest BCUT2D eigenvalue weighted by molar-refractivity contribution is 0.580. The Labute approximate surface area is 119 Å². The van der Waals surface area contributed by atoms with Crippen LogP contribution in [-0.2, 0) is 23.1 Å². The number of nitrogens with zero attached hydrogens (tertiary/aromatic N) is 1. The topological polar surface area (TPSA) is 101 Å². The van der Waals surface area contributed by atoms with E-state index < -0.39 is 10.0 Å². The SMILES string of the molecule is NCc1ccc(Br)c(S(=O)(=O)NCc2cn[nH]c2)c1. The van der Waals surface area contributed by atoms with Crippen molar-refractivity contribution in [2.75, 3.05) is 0 Å². The number of rotatable bonds is 5. The van der Waals surface area contributed by atoms with Gasteiger partial charge in [-0.1, -0.05) is 6.07 Å². The van der Waals surface area contributed by atoms with E-state index >= 15 is 0 Å². The minimum absolute atomic E-state index is 0.179. The fraction of sp³-hybridized carbons (Fsp3) is 0.182. The molecule has 0 amide bonds. The highest BCUT2D eigenvalue weighted by molar-refractivity contribution is 9.10. The molecule has 2 aromatic rings. The zero-order valence-corrected chi connectivity index (χ0v) is 12.3. The van der Waals surface area contributed by atoms with Crippen molar-refractivity contribution >= 4 is 26.0 Å². The third-order valence-corrected chi connectivity index (χ3v) is 4.94. The first-order valence-electron chi connectivity index (χ1n) is 5.49. The molecule has 2 rings (SSSR count). The van der Waals surface area contributed by atoms with Crippen LogP contribution >= 0.6 is 15.9 Å². The number of nitrogens with one attached hydrogen (secondary N) is 2. The lowest BCUT2D eigenvalue weighted by Gasteiger charge is -2.09. The summed E-state index contributed by atoms with van der Waals surface area (Å²) in [4.78, 5) is 0.180. The summed E-state index contributed by atoms with van der Waals surface area (Å²) in [7, 11) is -3.59. The lowest BCUT2D eigenvalue weighted by Crippen LogP contribution is -2.23. The Balaban J connectivity index is 2.23. The van der Waals surface area contributed by atoms with Crippen molar-refractivity contribution in [1.82, 2.24) is 14.9 Å². The Kier molecular flexibility index (Phi) is 4.35. The first-order chi connectivity index (χ1) is 9.03. The molecule has 102 valence electrons. The van der Waals surface area contributed by atoms with Crippen LogP contribution in [0.1, 0.15) is 11.1 Å². The van der Waals surface area contributed by atoms with E-state index in [4.69, 9.17) is 5.73 Å². The average Bonchev–Trinajstić information content (AvgIpc) is 2.90. The molecule has 1 heterocycles. The van der Waals surface area contributed by atoms with Gasteiger partial charge in [0, 0.05) is 29.3 Å². The normalized spacial score (nSPS) is 11.7. The first-order valence-corrected chi connectivity index (χ1v) is 7.76. The molecule has 0 bridgehead atoms. The molecule has 0 aliphatic carbocycles. The molecule has 0 saturated heterocycles. The Morgan fingerprint density at radius 1 is 1.37 bits per heavy atom. The molecule has 0 aliphatic rings. The number of sulfonamides is 1. The summed E-state index contributed by atoms with van der Waals surface area (Å²) in [5, 5.41) is 6.38. The number of aromatic nitrogens is 2.